The number of methoxy groups -OCH3 is 1. The summed E-state index contributed by atoms with van der Waals surface area (Å²) in [7, 11) is 1.74. The highest BCUT2D eigenvalue weighted by molar-refractivity contribution is 5.87. The highest BCUT2D eigenvalue weighted by atomic mass is 16.5. The SMILES string of the molecule is COc1ccc2ccccc2c1CNC1CC1C. The van der Waals surface area contributed by atoms with Gasteiger partial charge in [0.25, 0.3) is 0 Å². The topological polar surface area (TPSA) is 21.3 Å². The molecule has 1 aliphatic carbocycles. The first kappa shape index (κ1) is 11.5. The number of nitrogens with one attached hydrogen (secondary N) is 1. The molecule has 0 aliphatic heterocycles. The van der Waals surface area contributed by atoms with E-state index in [1.165, 1.54) is 22.8 Å². The zero-order chi connectivity index (χ0) is 12.5. The summed E-state index contributed by atoms with van der Waals surface area (Å²) in [5, 5.41) is 6.18. The van der Waals surface area contributed by atoms with E-state index in [1.54, 1.807) is 7.11 Å². The van der Waals surface area contributed by atoms with Crippen molar-refractivity contribution in [3.63, 3.8) is 0 Å². The van der Waals surface area contributed by atoms with E-state index >= 15 is 0 Å². The third-order valence-electron chi connectivity index (χ3n) is 3.87. The summed E-state index contributed by atoms with van der Waals surface area (Å²) >= 11 is 0. The Morgan fingerprint density at radius 2 is 2.00 bits per heavy atom. The molecule has 0 saturated heterocycles. The lowest BCUT2D eigenvalue weighted by Crippen LogP contribution is -2.17. The van der Waals surface area contributed by atoms with Crippen LogP contribution in [0.3, 0.4) is 0 Å². The van der Waals surface area contributed by atoms with Crippen LogP contribution in [0.15, 0.2) is 36.4 Å². The molecule has 1 saturated carbocycles. The van der Waals surface area contributed by atoms with Crippen molar-refractivity contribution in [1.29, 1.82) is 0 Å². The number of fused-ring (bicyclic) bond motifs is 1. The minimum atomic E-state index is 0.689. The zero-order valence-electron chi connectivity index (χ0n) is 10.9. The summed E-state index contributed by atoms with van der Waals surface area (Å²) in [6.07, 6.45) is 1.30. The molecule has 1 N–H and O–H groups in total. The van der Waals surface area contributed by atoms with Gasteiger partial charge in [-0.05, 0) is 29.2 Å². The van der Waals surface area contributed by atoms with Crippen LogP contribution in [0.2, 0.25) is 0 Å². The molecule has 2 heteroatoms. The van der Waals surface area contributed by atoms with E-state index in [0.29, 0.717) is 6.04 Å². The molecule has 2 unspecified atom stereocenters. The van der Waals surface area contributed by atoms with Crippen molar-refractivity contribution in [3.05, 3.63) is 42.0 Å². The number of benzene rings is 2. The largest absolute Gasteiger partial charge is 0.496 e. The number of rotatable bonds is 4. The van der Waals surface area contributed by atoms with Gasteiger partial charge < -0.3 is 10.1 Å². The van der Waals surface area contributed by atoms with Crippen LogP contribution in [0, 0.1) is 5.92 Å². The summed E-state index contributed by atoms with van der Waals surface area (Å²) in [4.78, 5) is 0. The van der Waals surface area contributed by atoms with E-state index in [4.69, 9.17) is 4.74 Å². The van der Waals surface area contributed by atoms with Gasteiger partial charge in [0, 0.05) is 18.2 Å². The minimum absolute atomic E-state index is 0.689. The van der Waals surface area contributed by atoms with Gasteiger partial charge in [0.2, 0.25) is 0 Å². The summed E-state index contributed by atoms with van der Waals surface area (Å²) in [5.41, 5.74) is 1.27. The van der Waals surface area contributed by atoms with E-state index in [9.17, 15) is 0 Å². The van der Waals surface area contributed by atoms with Gasteiger partial charge in [-0.2, -0.15) is 0 Å². The molecule has 18 heavy (non-hydrogen) atoms. The van der Waals surface area contributed by atoms with Crippen LogP contribution in [0.25, 0.3) is 10.8 Å². The fraction of sp³-hybridized carbons (Fsp3) is 0.375. The van der Waals surface area contributed by atoms with Crippen molar-refractivity contribution >= 4 is 10.8 Å². The maximum absolute atomic E-state index is 5.49. The molecule has 0 aromatic heterocycles. The number of hydrogen-bond donors (Lipinski definition) is 1. The Kier molecular flexibility index (Phi) is 2.96. The van der Waals surface area contributed by atoms with Gasteiger partial charge in [-0.25, -0.2) is 0 Å². The first-order valence-corrected chi connectivity index (χ1v) is 6.57. The first-order chi connectivity index (χ1) is 8.79. The maximum atomic E-state index is 5.49. The zero-order valence-corrected chi connectivity index (χ0v) is 10.9. The Morgan fingerprint density at radius 3 is 2.72 bits per heavy atom. The van der Waals surface area contributed by atoms with Crippen molar-refractivity contribution in [2.45, 2.75) is 25.9 Å². The average Bonchev–Trinajstić information content (AvgIpc) is 3.11. The highest BCUT2D eigenvalue weighted by Crippen LogP contribution is 2.32. The van der Waals surface area contributed by atoms with Gasteiger partial charge >= 0.3 is 0 Å². The quantitative estimate of drug-likeness (QED) is 0.886. The standard InChI is InChI=1S/C16H19NO/c1-11-9-15(11)17-10-14-13-6-4-3-5-12(13)7-8-16(14)18-2/h3-8,11,15,17H,9-10H2,1-2H3. The Hall–Kier alpha value is -1.54. The van der Waals surface area contributed by atoms with Crippen LogP contribution in [0.5, 0.6) is 5.75 Å². The van der Waals surface area contributed by atoms with Gasteiger partial charge in [-0.3, -0.25) is 0 Å². The predicted octanol–water partition coefficient (Wildman–Crippen LogP) is 3.35. The lowest BCUT2D eigenvalue weighted by atomic mass is 10.0. The second-order valence-electron chi connectivity index (χ2n) is 5.17. The van der Waals surface area contributed by atoms with E-state index in [2.05, 4.69) is 48.6 Å². The first-order valence-electron chi connectivity index (χ1n) is 6.57. The fourth-order valence-electron chi connectivity index (χ4n) is 2.53. The molecule has 2 aromatic rings. The monoisotopic (exact) mass is 241 g/mol. The van der Waals surface area contributed by atoms with Crippen LogP contribution >= 0.6 is 0 Å². The Labute approximate surface area is 108 Å². The molecular weight excluding hydrogens is 222 g/mol. The van der Waals surface area contributed by atoms with E-state index in [1.807, 2.05) is 0 Å². The van der Waals surface area contributed by atoms with E-state index in [-0.39, 0.29) is 0 Å². The third kappa shape index (κ3) is 2.08. The smallest absolute Gasteiger partial charge is 0.123 e. The van der Waals surface area contributed by atoms with Crippen LogP contribution in [0.1, 0.15) is 18.9 Å². The highest BCUT2D eigenvalue weighted by Gasteiger charge is 2.31. The van der Waals surface area contributed by atoms with Gasteiger partial charge in [0.05, 0.1) is 7.11 Å². The second kappa shape index (κ2) is 4.62. The number of hydrogen-bond acceptors (Lipinski definition) is 2. The normalized spacial score (nSPS) is 22.1. The fourth-order valence-corrected chi connectivity index (χ4v) is 2.53. The summed E-state index contributed by atoms with van der Waals surface area (Å²) in [6.45, 7) is 3.18. The third-order valence-corrected chi connectivity index (χ3v) is 3.87. The van der Waals surface area contributed by atoms with E-state index in [0.717, 1.165) is 18.2 Å². The Morgan fingerprint density at radius 1 is 1.22 bits per heavy atom. The predicted molar refractivity (Wildman–Crippen MR) is 74.9 cm³/mol. The molecule has 1 aliphatic rings. The van der Waals surface area contributed by atoms with Crippen LogP contribution in [-0.2, 0) is 6.54 Å². The van der Waals surface area contributed by atoms with Crippen molar-refractivity contribution in [3.8, 4) is 5.75 Å². The molecule has 0 bridgehead atoms. The van der Waals surface area contributed by atoms with Crippen LogP contribution in [0.4, 0.5) is 0 Å². The lowest BCUT2D eigenvalue weighted by Gasteiger charge is -2.13. The Balaban J connectivity index is 1.95. The van der Waals surface area contributed by atoms with Crippen LogP contribution in [-0.4, -0.2) is 13.2 Å². The van der Waals surface area contributed by atoms with Gasteiger partial charge in [-0.15, -0.1) is 0 Å². The Bertz CT molecular complexity index is 564. The molecule has 1 fully saturated rings. The van der Waals surface area contributed by atoms with E-state index < -0.39 is 0 Å². The maximum Gasteiger partial charge on any atom is 0.123 e. The lowest BCUT2D eigenvalue weighted by molar-refractivity contribution is 0.408. The molecule has 0 spiro atoms. The molecule has 0 radical (unpaired) electrons. The molecule has 2 nitrogen and oxygen atoms in total. The summed E-state index contributed by atoms with van der Waals surface area (Å²) in [6, 6.07) is 13.4. The van der Waals surface area contributed by atoms with Crippen LogP contribution < -0.4 is 10.1 Å². The molecule has 94 valence electrons. The molecule has 0 heterocycles. The molecule has 0 amide bonds. The van der Waals surface area contributed by atoms with Gasteiger partial charge in [-0.1, -0.05) is 37.3 Å². The molecule has 3 rings (SSSR count). The summed E-state index contributed by atoms with van der Waals surface area (Å²) < 4.78 is 5.49. The minimum Gasteiger partial charge on any atom is -0.496 e. The van der Waals surface area contributed by atoms with Gasteiger partial charge in [0.15, 0.2) is 0 Å². The number of ether oxygens (including phenoxy) is 1. The summed E-state index contributed by atoms with van der Waals surface area (Å²) in [5.74, 6) is 1.81. The molecular formula is C16H19NO. The van der Waals surface area contributed by atoms with Gasteiger partial charge in [0.1, 0.15) is 5.75 Å². The molecule has 2 atom stereocenters. The van der Waals surface area contributed by atoms with Crippen molar-refractivity contribution in [2.24, 2.45) is 5.92 Å². The molecule has 2 aromatic carbocycles. The average molecular weight is 241 g/mol. The van der Waals surface area contributed by atoms with Crippen molar-refractivity contribution < 1.29 is 4.74 Å². The van der Waals surface area contributed by atoms with Crippen molar-refractivity contribution in [1.82, 2.24) is 5.32 Å². The van der Waals surface area contributed by atoms with Crippen molar-refractivity contribution in [2.75, 3.05) is 7.11 Å². The second-order valence-corrected chi connectivity index (χ2v) is 5.17.